The molecule has 0 saturated carbocycles. The first-order valence-corrected chi connectivity index (χ1v) is 6.55. The lowest BCUT2D eigenvalue weighted by atomic mass is 10.2. The SMILES string of the molecule is Nc1ncccc1Nc1cccc2cc(Br)cnc12. The van der Waals surface area contributed by atoms with Crippen molar-refractivity contribution in [3.05, 3.63) is 53.3 Å². The Morgan fingerprint density at radius 3 is 2.74 bits per heavy atom. The Labute approximate surface area is 118 Å². The molecule has 0 atom stereocenters. The van der Waals surface area contributed by atoms with E-state index in [9.17, 15) is 0 Å². The lowest BCUT2D eigenvalue weighted by Crippen LogP contribution is -1.99. The number of rotatable bonds is 2. The van der Waals surface area contributed by atoms with E-state index in [4.69, 9.17) is 5.73 Å². The van der Waals surface area contributed by atoms with Crippen LogP contribution in [-0.2, 0) is 0 Å². The van der Waals surface area contributed by atoms with Crippen molar-refractivity contribution in [3.63, 3.8) is 0 Å². The summed E-state index contributed by atoms with van der Waals surface area (Å²) in [6.07, 6.45) is 3.44. The highest BCUT2D eigenvalue weighted by Crippen LogP contribution is 2.28. The van der Waals surface area contributed by atoms with Gasteiger partial charge in [-0.15, -0.1) is 0 Å². The van der Waals surface area contributed by atoms with Gasteiger partial charge in [0.1, 0.15) is 5.82 Å². The number of hydrogen-bond acceptors (Lipinski definition) is 4. The second-order valence-corrected chi connectivity index (χ2v) is 5.01. The fourth-order valence-electron chi connectivity index (χ4n) is 1.90. The molecule has 0 aliphatic rings. The fourth-order valence-corrected chi connectivity index (χ4v) is 2.25. The van der Waals surface area contributed by atoms with Gasteiger partial charge in [-0.25, -0.2) is 4.98 Å². The normalized spacial score (nSPS) is 10.6. The smallest absolute Gasteiger partial charge is 0.147 e. The van der Waals surface area contributed by atoms with E-state index in [1.54, 1.807) is 12.4 Å². The summed E-state index contributed by atoms with van der Waals surface area (Å²) in [4.78, 5) is 8.49. The van der Waals surface area contributed by atoms with Gasteiger partial charge in [0.15, 0.2) is 0 Å². The van der Waals surface area contributed by atoms with Gasteiger partial charge in [-0.1, -0.05) is 12.1 Å². The minimum absolute atomic E-state index is 0.469. The van der Waals surface area contributed by atoms with Crippen molar-refractivity contribution in [3.8, 4) is 0 Å². The number of hydrogen-bond donors (Lipinski definition) is 2. The maximum Gasteiger partial charge on any atom is 0.147 e. The van der Waals surface area contributed by atoms with Crippen LogP contribution in [-0.4, -0.2) is 9.97 Å². The molecule has 0 bridgehead atoms. The molecule has 0 aliphatic carbocycles. The van der Waals surface area contributed by atoms with Gasteiger partial charge >= 0.3 is 0 Å². The second kappa shape index (κ2) is 4.85. The maximum atomic E-state index is 5.84. The topological polar surface area (TPSA) is 63.8 Å². The molecule has 0 saturated heterocycles. The van der Waals surface area contributed by atoms with Crippen molar-refractivity contribution < 1.29 is 0 Å². The summed E-state index contributed by atoms with van der Waals surface area (Å²) < 4.78 is 0.957. The first-order valence-electron chi connectivity index (χ1n) is 5.76. The molecule has 3 N–H and O–H groups in total. The van der Waals surface area contributed by atoms with Crippen LogP contribution in [0, 0.1) is 0 Å². The van der Waals surface area contributed by atoms with Crippen LogP contribution in [0.15, 0.2) is 53.3 Å². The molecule has 0 radical (unpaired) electrons. The van der Waals surface area contributed by atoms with Crippen LogP contribution >= 0.6 is 15.9 Å². The summed E-state index contributed by atoms with van der Waals surface area (Å²) in [5.41, 5.74) is 8.42. The van der Waals surface area contributed by atoms with Gasteiger partial charge in [0.05, 0.1) is 16.9 Å². The summed E-state index contributed by atoms with van der Waals surface area (Å²) in [6.45, 7) is 0. The first kappa shape index (κ1) is 11.9. The van der Waals surface area contributed by atoms with Crippen LogP contribution in [0.2, 0.25) is 0 Å². The molecule has 0 spiro atoms. The second-order valence-electron chi connectivity index (χ2n) is 4.09. The largest absolute Gasteiger partial charge is 0.382 e. The molecule has 1 aromatic carbocycles. The van der Waals surface area contributed by atoms with E-state index in [1.165, 1.54) is 0 Å². The Morgan fingerprint density at radius 2 is 1.89 bits per heavy atom. The molecule has 3 rings (SSSR count). The molecule has 5 heteroatoms. The van der Waals surface area contributed by atoms with E-state index in [-0.39, 0.29) is 0 Å². The van der Waals surface area contributed by atoms with Gasteiger partial charge in [0.25, 0.3) is 0 Å². The summed E-state index contributed by atoms with van der Waals surface area (Å²) in [7, 11) is 0. The lowest BCUT2D eigenvalue weighted by molar-refractivity contribution is 1.33. The van der Waals surface area contributed by atoms with Crippen LogP contribution in [0.5, 0.6) is 0 Å². The molecule has 3 aromatic rings. The predicted octanol–water partition coefficient (Wildman–Crippen LogP) is 3.72. The number of nitrogens with one attached hydrogen (secondary N) is 1. The van der Waals surface area contributed by atoms with E-state index in [0.29, 0.717) is 5.82 Å². The number of anilines is 3. The summed E-state index contributed by atoms with van der Waals surface area (Å²) in [5, 5.41) is 4.33. The number of pyridine rings is 2. The van der Waals surface area contributed by atoms with Crippen LogP contribution in [0.3, 0.4) is 0 Å². The molecule has 2 aromatic heterocycles. The van der Waals surface area contributed by atoms with E-state index < -0.39 is 0 Å². The molecule has 0 fully saturated rings. The number of nitrogen functional groups attached to an aromatic ring is 1. The van der Waals surface area contributed by atoms with Crippen LogP contribution in [0.4, 0.5) is 17.2 Å². The van der Waals surface area contributed by atoms with Crippen LogP contribution in [0.1, 0.15) is 0 Å². The summed E-state index contributed by atoms with van der Waals surface area (Å²) >= 11 is 3.42. The molecule has 0 aliphatic heterocycles. The standard InChI is InChI=1S/C14H11BrN4/c15-10-7-9-3-1-4-11(13(9)18-8-10)19-12-5-2-6-17-14(12)16/h1-8,19H,(H2,16,17). The van der Waals surface area contributed by atoms with Crippen LogP contribution in [0.25, 0.3) is 10.9 Å². The Hall–Kier alpha value is -2.14. The van der Waals surface area contributed by atoms with Crippen molar-refractivity contribution in [2.75, 3.05) is 11.1 Å². The number of nitrogens with zero attached hydrogens (tertiary/aromatic N) is 2. The number of nitrogens with two attached hydrogens (primary N) is 1. The average Bonchev–Trinajstić information content (AvgIpc) is 2.41. The lowest BCUT2D eigenvalue weighted by Gasteiger charge is -2.10. The van der Waals surface area contributed by atoms with E-state index in [1.807, 2.05) is 36.4 Å². The molecular formula is C14H11BrN4. The van der Waals surface area contributed by atoms with Gasteiger partial charge in [0.2, 0.25) is 0 Å². The zero-order chi connectivity index (χ0) is 13.2. The van der Waals surface area contributed by atoms with Gasteiger partial charge in [-0.2, -0.15) is 0 Å². The third-order valence-corrected chi connectivity index (χ3v) is 3.22. The number of halogens is 1. The highest BCUT2D eigenvalue weighted by Gasteiger charge is 2.05. The number of benzene rings is 1. The number of para-hydroxylation sites is 1. The number of fused-ring (bicyclic) bond motifs is 1. The molecular weight excluding hydrogens is 304 g/mol. The first-order chi connectivity index (χ1) is 9.24. The quantitative estimate of drug-likeness (QED) is 0.756. The maximum absolute atomic E-state index is 5.84. The Morgan fingerprint density at radius 1 is 1.05 bits per heavy atom. The average molecular weight is 315 g/mol. The molecule has 19 heavy (non-hydrogen) atoms. The molecule has 0 unspecified atom stereocenters. The minimum Gasteiger partial charge on any atom is -0.382 e. The van der Waals surface area contributed by atoms with E-state index >= 15 is 0 Å². The third kappa shape index (κ3) is 2.37. The van der Waals surface area contributed by atoms with Gasteiger partial charge in [-0.05, 0) is 40.2 Å². The number of aromatic nitrogens is 2. The van der Waals surface area contributed by atoms with E-state index in [2.05, 4.69) is 31.2 Å². The zero-order valence-electron chi connectivity index (χ0n) is 9.97. The fraction of sp³-hybridized carbons (Fsp3) is 0. The summed E-state index contributed by atoms with van der Waals surface area (Å²) in [6, 6.07) is 11.7. The predicted molar refractivity (Wildman–Crippen MR) is 81.4 cm³/mol. The summed E-state index contributed by atoms with van der Waals surface area (Å²) in [5.74, 6) is 0.469. The van der Waals surface area contributed by atoms with Crippen molar-refractivity contribution in [1.29, 1.82) is 0 Å². The Bertz CT molecular complexity index is 742. The highest BCUT2D eigenvalue weighted by atomic mass is 79.9. The van der Waals surface area contributed by atoms with E-state index in [0.717, 1.165) is 26.8 Å². The van der Waals surface area contributed by atoms with Gasteiger partial charge < -0.3 is 11.1 Å². The zero-order valence-corrected chi connectivity index (χ0v) is 11.6. The highest BCUT2D eigenvalue weighted by molar-refractivity contribution is 9.10. The molecule has 0 amide bonds. The molecule has 2 heterocycles. The minimum atomic E-state index is 0.469. The monoisotopic (exact) mass is 314 g/mol. The van der Waals surface area contributed by atoms with Crippen molar-refractivity contribution in [1.82, 2.24) is 9.97 Å². The van der Waals surface area contributed by atoms with Gasteiger partial charge in [-0.3, -0.25) is 4.98 Å². The molecule has 94 valence electrons. The Balaban J connectivity index is 2.09. The Kier molecular flexibility index (Phi) is 3.05. The third-order valence-electron chi connectivity index (χ3n) is 2.79. The van der Waals surface area contributed by atoms with Crippen molar-refractivity contribution in [2.24, 2.45) is 0 Å². The molecule has 4 nitrogen and oxygen atoms in total. The van der Waals surface area contributed by atoms with Crippen molar-refractivity contribution >= 4 is 44.0 Å². The van der Waals surface area contributed by atoms with Gasteiger partial charge in [0, 0.05) is 22.3 Å². The van der Waals surface area contributed by atoms with Crippen LogP contribution < -0.4 is 11.1 Å². The van der Waals surface area contributed by atoms with Crippen molar-refractivity contribution in [2.45, 2.75) is 0 Å².